The van der Waals surface area contributed by atoms with Crippen molar-refractivity contribution in [2.75, 3.05) is 13.2 Å². The average molecular weight is 175 g/mol. The van der Waals surface area contributed by atoms with E-state index < -0.39 is 0 Å². The first kappa shape index (κ1) is 9.36. The van der Waals surface area contributed by atoms with Crippen LogP contribution in [0.4, 0.5) is 0 Å². The van der Waals surface area contributed by atoms with E-state index in [-0.39, 0.29) is 0 Å². The molecule has 1 aliphatic rings. The molecular weight excluding hydrogens is 158 g/mol. The number of thiol groups is 1. The van der Waals surface area contributed by atoms with Crippen LogP contribution >= 0.6 is 12.6 Å². The lowest BCUT2D eigenvalue weighted by Gasteiger charge is -2.38. The highest BCUT2D eigenvalue weighted by molar-refractivity contribution is 7.80. The van der Waals surface area contributed by atoms with Crippen molar-refractivity contribution in [1.29, 1.82) is 0 Å². The van der Waals surface area contributed by atoms with Gasteiger partial charge in [0.25, 0.3) is 0 Å². The number of morpholine rings is 1. The standard InChI is InChI=1S/C8H17NOS/c1-6-5-10-7(2)4-9(6)8(3)11/h6-8,11H,4-5H2,1-3H3/t6-,7-,8?/m0/s1. The summed E-state index contributed by atoms with van der Waals surface area (Å²) in [5, 5.41) is 0.344. The Bertz CT molecular complexity index is 129. The minimum absolute atomic E-state index is 0.344. The zero-order valence-corrected chi connectivity index (χ0v) is 8.34. The molecule has 0 amide bonds. The fourth-order valence-electron chi connectivity index (χ4n) is 1.45. The van der Waals surface area contributed by atoms with Crippen LogP contribution in [-0.2, 0) is 4.74 Å². The van der Waals surface area contributed by atoms with Crippen molar-refractivity contribution in [2.45, 2.75) is 38.3 Å². The number of rotatable bonds is 1. The van der Waals surface area contributed by atoms with Gasteiger partial charge in [0.05, 0.1) is 18.1 Å². The fraction of sp³-hybridized carbons (Fsp3) is 1.00. The molecule has 1 fully saturated rings. The molecule has 1 heterocycles. The lowest BCUT2D eigenvalue weighted by molar-refractivity contribution is -0.0514. The van der Waals surface area contributed by atoms with Crippen molar-refractivity contribution in [2.24, 2.45) is 0 Å². The molecule has 0 bridgehead atoms. The normalized spacial score (nSPS) is 37.1. The molecule has 66 valence electrons. The molecule has 3 heteroatoms. The third kappa shape index (κ3) is 2.36. The molecule has 2 nitrogen and oxygen atoms in total. The van der Waals surface area contributed by atoms with Crippen LogP contribution < -0.4 is 0 Å². The molecule has 11 heavy (non-hydrogen) atoms. The van der Waals surface area contributed by atoms with Gasteiger partial charge in [-0.2, -0.15) is 12.6 Å². The van der Waals surface area contributed by atoms with Crippen LogP contribution in [0.3, 0.4) is 0 Å². The Balaban J connectivity index is 2.47. The molecule has 1 unspecified atom stereocenters. The van der Waals surface area contributed by atoms with Crippen molar-refractivity contribution in [3.8, 4) is 0 Å². The van der Waals surface area contributed by atoms with Crippen molar-refractivity contribution in [3.63, 3.8) is 0 Å². The highest BCUT2D eigenvalue weighted by atomic mass is 32.1. The molecule has 0 saturated carbocycles. The number of hydrogen-bond acceptors (Lipinski definition) is 3. The molecule has 0 N–H and O–H groups in total. The van der Waals surface area contributed by atoms with Crippen molar-refractivity contribution in [3.05, 3.63) is 0 Å². The van der Waals surface area contributed by atoms with Gasteiger partial charge in [0, 0.05) is 12.6 Å². The van der Waals surface area contributed by atoms with Crippen LogP contribution in [0, 0.1) is 0 Å². The smallest absolute Gasteiger partial charge is 0.0675 e. The van der Waals surface area contributed by atoms with Gasteiger partial charge in [-0.1, -0.05) is 0 Å². The van der Waals surface area contributed by atoms with Crippen molar-refractivity contribution >= 4 is 12.6 Å². The van der Waals surface area contributed by atoms with E-state index in [0.29, 0.717) is 17.5 Å². The third-order valence-corrected chi connectivity index (χ3v) is 2.43. The van der Waals surface area contributed by atoms with Gasteiger partial charge < -0.3 is 4.74 Å². The molecule has 3 atom stereocenters. The van der Waals surface area contributed by atoms with E-state index in [2.05, 4.69) is 38.3 Å². The van der Waals surface area contributed by atoms with E-state index in [1.54, 1.807) is 0 Å². The first-order valence-electron chi connectivity index (χ1n) is 4.16. The number of ether oxygens (including phenoxy) is 1. The molecular formula is C8H17NOS. The number of nitrogens with zero attached hydrogens (tertiary/aromatic N) is 1. The molecule has 0 spiro atoms. The molecule has 1 aliphatic heterocycles. The molecule has 0 radical (unpaired) electrons. The fourth-order valence-corrected chi connectivity index (χ4v) is 1.77. The Morgan fingerprint density at radius 2 is 2.18 bits per heavy atom. The summed E-state index contributed by atoms with van der Waals surface area (Å²) in [7, 11) is 0. The summed E-state index contributed by atoms with van der Waals surface area (Å²) in [5.74, 6) is 0. The largest absolute Gasteiger partial charge is 0.376 e. The van der Waals surface area contributed by atoms with Crippen LogP contribution in [-0.4, -0.2) is 35.6 Å². The maximum Gasteiger partial charge on any atom is 0.0675 e. The molecule has 1 saturated heterocycles. The second-order valence-corrected chi connectivity index (χ2v) is 4.07. The highest BCUT2D eigenvalue weighted by Crippen LogP contribution is 2.15. The van der Waals surface area contributed by atoms with Crippen LogP contribution in [0.1, 0.15) is 20.8 Å². The quantitative estimate of drug-likeness (QED) is 0.604. The predicted octanol–water partition coefficient (Wildman–Crippen LogP) is 1.37. The molecule has 0 aromatic carbocycles. The number of hydrogen-bond donors (Lipinski definition) is 1. The lowest BCUT2D eigenvalue weighted by Crippen LogP contribution is -2.49. The van der Waals surface area contributed by atoms with E-state index in [4.69, 9.17) is 4.74 Å². The topological polar surface area (TPSA) is 12.5 Å². The first-order valence-corrected chi connectivity index (χ1v) is 4.68. The SMILES string of the molecule is CC(S)N1C[C@H](C)OC[C@@H]1C. The second kappa shape index (κ2) is 3.78. The summed E-state index contributed by atoms with van der Waals surface area (Å²) in [5.41, 5.74) is 0. The summed E-state index contributed by atoms with van der Waals surface area (Å²) in [6, 6.07) is 0.513. The van der Waals surface area contributed by atoms with Gasteiger partial charge in [0.2, 0.25) is 0 Å². The molecule has 0 aromatic heterocycles. The van der Waals surface area contributed by atoms with E-state index in [1.807, 2.05) is 0 Å². The monoisotopic (exact) mass is 175 g/mol. The van der Waals surface area contributed by atoms with Crippen molar-refractivity contribution in [1.82, 2.24) is 4.90 Å². The Kier molecular flexibility index (Phi) is 3.22. The summed E-state index contributed by atoms with van der Waals surface area (Å²) in [4.78, 5) is 2.36. The maximum atomic E-state index is 5.49. The van der Waals surface area contributed by atoms with Crippen LogP contribution in [0.15, 0.2) is 0 Å². The summed E-state index contributed by atoms with van der Waals surface area (Å²) >= 11 is 4.41. The first-order chi connectivity index (χ1) is 5.11. The van der Waals surface area contributed by atoms with Crippen LogP contribution in [0.25, 0.3) is 0 Å². The van der Waals surface area contributed by atoms with Crippen LogP contribution in [0.5, 0.6) is 0 Å². The maximum absolute atomic E-state index is 5.49. The van der Waals surface area contributed by atoms with Gasteiger partial charge >= 0.3 is 0 Å². The van der Waals surface area contributed by atoms with Crippen molar-refractivity contribution < 1.29 is 4.74 Å². The second-order valence-electron chi connectivity index (χ2n) is 3.32. The third-order valence-electron chi connectivity index (χ3n) is 2.14. The molecule has 1 rings (SSSR count). The highest BCUT2D eigenvalue weighted by Gasteiger charge is 2.25. The van der Waals surface area contributed by atoms with Gasteiger partial charge in [-0.05, 0) is 20.8 Å². The zero-order valence-electron chi connectivity index (χ0n) is 7.45. The minimum atomic E-state index is 0.344. The molecule has 0 aliphatic carbocycles. The van der Waals surface area contributed by atoms with Gasteiger partial charge in [0.1, 0.15) is 0 Å². The zero-order chi connectivity index (χ0) is 8.43. The summed E-state index contributed by atoms with van der Waals surface area (Å²) in [6.07, 6.45) is 0.362. The van der Waals surface area contributed by atoms with Gasteiger partial charge in [-0.15, -0.1) is 0 Å². The Hall–Kier alpha value is 0.270. The summed E-state index contributed by atoms with van der Waals surface area (Å²) in [6.45, 7) is 8.24. The van der Waals surface area contributed by atoms with Gasteiger partial charge in [-0.3, -0.25) is 4.90 Å². The van der Waals surface area contributed by atoms with E-state index in [9.17, 15) is 0 Å². The minimum Gasteiger partial charge on any atom is -0.376 e. The van der Waals surface area contributed by atoms with Gasteiger partial charge in [-0.25, -0.2) is 0 Å². The van der Waals surface area contributed by atoms with E-state index >= 15 is 0 Å². The lowest BCUT2D eigenvalue weighted by atomic mass is 10.2. The van der Waals surface area contributed by atoms with E-state index in [0.717, 1.165) is 13.2 Å². The van der Waals surface area contributed by atoms with Gasteiger partial charge in [0.15, 0.2) is 0 Å². The Labute approximate surface area is 74.3 Å². The predicted molar refractivity (Wildman–Crippen MR) is 50.0 cm³/mol. The Morgan fingerprint density at radius 3 is 2.64 bits per heavy atom. The summed E-state index contributed by atoms with van der Waals surface area (Å²) < 4.78 is 5.49. The molecule has 0 aromatic rings. The average Bonchev–Trinajstić information content (AvgIpc) is 1.94. The van der Waals surface area contributed by atoms with Crippen LogP contribution in [0.2, 0.25) is 0 Å². The Morgan fingerprint density at radius 1 is 1.55 bits per heavy atom. The van der Waals surface area contributed by atoms with E-state index in [1.165, 1.54) is 0 Å².